The molecule has 2 aliphatic heterocycles. The number of carbonyl (C=O) groups excluding carboxylic acids is 1. The fourth-order valence-electron chi connectivity index (χ4n) is 3.48. The zero-order chi connectivity index (χ0) is 19.4. The number of halogens is 1. The van der Waals surface area contributed by atoms with Crippen LogP contribution in [0.25, 0.3) is 0 Å². The number of fused-ring (bicyclic) bond motifs is 2. The SMILES string of the molecule is CC1(C)Cc2cccc(S(=O)(=O)Nc3cc4c(cc3F)NC(=O)CC4)c2O1. The summed E-state index contributed by atoms with van der Waals surface area (Å²) in [6.07, 6.45) is 1.30. The van der Waals surface area contributed by atoms with Gasteiger partial charge in [-0.3, -0.25) is 9.52 Å². The molecule has 2 heterocycles. The minimum atomic E-state index is -4.05. The Kier molecular flexibility index (Phi) is 3.92. The van der Waals surface area contributed by atoms with E-state index in [0.29, 0.717) is 29.8 Å². The lowest BCUT2D eigenvalue weighted by molar-refractivity contribution is -0.116. The lowest BCUT2D eigenvalue weighted by Crippen LogP contribution is -2.25. The number of anilines is 2. The predicted molar refractivity (Wildman–Crippen MR) is 99.0 cm³/mol. The van der Waals surface area contributed by atoms with Crippen molar-refractivity contribution < 1.29 is 22.3 Å². The zero-order valence-electron chi connectivity index (χ0n) is 14.9. The minimum absolute atomic E-state index is 0.0176. The fourth-order valence-corrected chi connectivity index (χ4v) is 4.71. The molecule has 2 aromatic carbocycles. The number of hydrogen-bond acceptors (Lipinski definition) is 4. The second kappa shape index (κ2) is 5.95. The maximum atomic E-state index is 14.4. The number of benzene rings is 2. The molecule has 0 spiro atoms. The maximum Gasteiger partial charge on any atom is 0.265 e. The van der Waals surface area contributed by atoms with Gasteiger partial charge in [-0.2, -0.15) is 0 Å². The van der Waals surface area contributed by atoms with Gasteiger partial charge in [-0.15, -0.1) is 0 Å². The van der Waals surface area contributed by atoms with Gasteiger partial charge >= 0.3 is 0 Å². The first-order valence-electron chi connectivity index (χ1n) is 8.61. The van der Waals surface area contributed by atoms with Crippen LogP contribution in [0, 0.1) is 5.82 Å². The molecule has 2 aromatic rings. The molecule has 0 fully saturated rings. The molecular weight excluding hydrogens is 371 g/mol. The van der Waals surface area contributed by atoms with E-state index in [-0.39, 0.29) is 22.9 Å². The molecule has 0 bridgehead atoms. The molecule has 1 amide bonds. The number of hydrogen-bond donors (Lipinski definition) is 2. The molecule has 0 saturated heterocycles. The van der Waals surface area contributed by atoms with Crippen molar-refractivity contribution in [1.82, 2.24) is 0 Å². The lowest BCUT2D eigenvalue weighted by Gasteiger charge is -2.20. The summed E-state index contributed by atoms with van der Waals surface area (Å²) in [6.45, 7) is 3.77. The number of rotatable bonds is 3. The summed E-state index contributed by atoms with van der Waals surface area (Å²) in [5, 5.41) is 2.59. The summed E-state index contributed by atoms with van der Waals surface area (Å²) >= 11 is 0. The average molecular weight is 390 g/mol. The Hall–Kier alpha value is -2.61. The van der Waals surface area contributed by atoms with Crippen molar-refractivity contribution >= 4 is 27.3 Å². The molecule has 0 aromatic heterocycles. The number of carbonyl (C=O) groups is 1. The van der Waals surface area contributed by atoms with Crippen LogP contribution in [0.1, 0.15) is 31.4 Å². The average Bonchev–Trinajstić information content (AvgIpc) is 2.89. The summed E-state index contributed by atoms with van der Waals surface area (Å²) in [4.78, 5) is 11.4. The van der Waals surface area contributed by atoms with Crippen LogP contribution in [0.5, 0.6) is 5.75 Å². The minimum Gasteiger partial charge on any atom is -0.486 e. The van der Waals surface area contributed by atoms with Crippen LogP contribution in [-0.2, 0) is 27.7 Å². The van der Waals surface area contributed by atoms with Crippen molar-refractivity contribution in [3.63, 3.8) is 0 Å². The summed E-state index contributed by atoms with van der Waals surface area (Å²) in [5.41, 5.74) is 1.21. The van der Waals surface area contributed by atoms with E-state index in [9.17, 15) is 17.6 Å². The summed E-state index contributed by atoms with van der Waals surface area (Å²) in [6, 6.07) is 7.48. The van der Waals surface area contributed by atoms with E-state index in [1.807, 2.05) is 19.9 Å². The van der Waals surface area contributed by atoms with Gasteiger partial charge in [0.2, 0.25) is 5.91 Å². The zero-order valence-corrected chi connectivity index (χ0v) is 15.7. The van der Waals surface area contributed by atoms with Gasteiger partial charge in [-0.1, -0.05) is 12.1 Å². The molecule has 4 rings (SSSR count). The molecule has 27 heavy (non-hydrogen) atoms. The number of aryl methyl sites for hydroxylation is 1. The highest BCUT2D eigenvalue weighted by Crippen LogP contribution is 2.40. The van der Waals surface area contributed by atoms with Crippen molar-refractivity contribution in [2.24, 2.45) is 0 Å². The molecule has 0 atom stereocenters. The Labute approximate surface area is 156 Å². The van der Waals surface area contributed by atoms with Crippen molar-refractivity contribution in [3.8, 4) is 5.75 Å². The van der Waals surface area contributed by atoms with Crippen LogP contribution >= 0.6 is 0 Å². The predicted octanol–water partition coefficient (Wildman–Crippen LogP) is 3.22. The number of nitrogens with one attached hydrogen (secondary N) is 2. The highest BCUT2D eigenvalue weighted by atomic mass is 32.2. The Morgan fingerprint density at radius 2 is 1.96 bits per heavy atom. The van der Waals surface area contributed by atoms with Gasteiger partial charge < -0.3 is 10.1 Å². The van der Waals surface area contributed by atoms with Gasteiger partial charge in [0.1, 0.15) is 22.1 Å². The quantitative estimate of drug-likeness (QED) is 0.843. The molecular formula is C19H19FN2O4S. The fraction of sp³-hybridized carbons (Fsp3) is 0.316. The van der Waals surface area contributed by atoms with E-state index in [0.717, 1.165) is 11.6 Å². The van der Waals surface area contributed by atoms with Gasteiger partial charge in [-0.05, 0) is 49.6 Å². The molecule has 2 N–H and O–H groups in total. The van der Waals surface area contributed by atoms with Gasteiger partial charge in [-0.25, -0.2) is 12.8 Å². The largest absolute Gasteiger partial charge is 0.486 e. The van der Waals surface area contributed by atoms with Gasteiger partial charge in [0.25, 0.3) is 10.0 Å². The van der Waals surface area contributed by atoms with Crippen LogP contribution < -0.4 is 14.8 Å². The van der Waals surface area contributed by atoms with E-state index < -0.39 is 21.4 Å². The Bertz CT molecular complexity index is 1060. The van der Waals surface area contributed by atoms with E-state index in [4.69, 9.17) is 4.74 Å². The second-order valence-corrected chi connectivity index (χ2v) is 9.08. The highest BCUT2D eigenvalue weighted by molar-refractivity contribution is 7.92. The summed E-state index contributed by atoms with van der Waals surface area (Å²) in [5.74, 6) is -0.635. The standard InChI is InChI=1S/C19H19FN2O4S/c1-19(2)10-12-4-3-5-16(18(12)26-19)27(24,25)22-15-8-11-6-7-17(23)21-14(11)9-13(15)20/h3-5,8-9,22H,6-7,10H2,1-2H3,(H,21,23). The van der Waals surface area contributed by atoms with E-state index in [1.165, 1.54) is 12.1 Å². The molecule has 0 radical (unpaired) electrons. The van der Waals surface area contributed by atoms with Gasteiger partial charge in [0, 0.05) is 18.5 Å². The monoisotopic (exact) mass is 390 g/mol. The van der Waals surface area contributed by atoms with E-state index in [1.54, 1.807) is 6.07 Å². The summed E-state index contributed by atoms with van der Waals surface area (Å²) < 4.78 is 48.4. The third kappa shape index (κ3) is 3.25. The second-order valence-electron chi connectivity index (χ2n) is 7.43. The first-order chi connectivity index (χ1) is 12.6. The smallest absolute Gasteiger partial charge is 0.265 e. The molecule has 0 aliphatic carbocycles. The molecule has 0 unspecified atom stereocenters. The van der Waals surface area contributed by atoms with Crippen LogP contribution in [0.3, 0.4) is 0 Å². The summed E-state index contributed by atoms with van der Waals surface area (Å²) in [7, 11) is -4.05. The first kappa shape index (κ1) is 17.8. The number of amides is 1. The third-order valence-corrected chi connectivity index (χ3v) is 6.07. The Balaban J connectivity index is 1.70. The van der Waals surface area contributed by atoms with Gasteiger partial charge in [0.05, 0.1) is 5.69 Å². The van der Waals surface area contributed by atoms with Crippen LogP contribution in [0.2, 0.25) is 0 Å². The van der Waals surface area contributed by atoms with Crippen LogP contribution in [0.4, 0.5) is 15.8 Å². The Morgan fingerprint density at radius 3 is 2.74 bits per heavy atom. The maximum absolute atomic E-state index is 14.4. The van der Waals surface area contributed by atoms with Crippen LogP contribution in [-0.4, -0.2) is 19.9 Å². The van der Waals surface area contributed by atoms with Crippen LogP contribution in [0.15, 0.2) is 35.2 Å². The topological polar surface area (TPSA) is 84.5 Å². The van der Waals surface area contributed by atoms with Crippen molar-refractivity contribution in [3.05, 3.63) is 47.3 Å². The van der Waals surface area contributed by atoms with Crippen molar-refractivity contribution in [1.29, 1.82) is 0 Å². The first-order valence-corrected chi connectivity index (χ1v) is 10.1. The third-order valence-electron chi connectivity index (χ3n) is 4.68. The number of ether oxygens (including phenoxy) is 1. The highest BCUT2D eigenvalue weighted by Gasteiger charge is 2.35. The van der Waals surface area contributed by atoms with Crippen molar-refractivity contribution in [2.75, 3.05) is 10.0 Å². The van der Waals surface area contributed by atoms with E-state index in [2.05, 4.69) is 10.0 Å². The molecule has 8 heteroatoms. The van der Waals surface area contributed by atoms with Crippen molar-refractivity contribution in [2.45, 2.75) is 43.6 Å². The van der Waals surface area contributed by atoms with E-state index >= 15 is 0 Å². The van der Waals surface area contributed by atoms with Gasteiger partial charge in [0.15, 0.2) is 0 Å². The number of sulfonamides is 1. The normalized spacial score (nSPS) is 17.5. The Morgan fingerprint density at radius 1 is 1.19 bits per heavy atom. The molecule has 142 valence electrons. The number of para-hydroxylation sites is 1. The molecule has 6 nitrogen and oxygen atoms in total. The molecule has 2 aliphatic rings. The lowest BCUT2D eigenvalue weighted by atomic mass is 10.0. The molecule has 0 saturated carbocycles.